The quantitative estimate of drug-likeness (QED) is 0.905. The molecular formula is C18H28N2O. The maximum Gasteiger partial charge on any atom is 0.127 e. The first-order valence-electron chi connectivity index (χ1n) is 8.23. The van der Waals surface area contributed by atoms with Crippen molar-refractivity contribution >= 4 is 0 Å². The third kappa shape index (κ3) is 3.09. The maximum absolute atomic E-state index is 6.24. The van der Waals surface area contributed by atoms with Gasteiger partial charge in [0, 0.05) is 18.2 Å². The number of ether oxygens (including phenoxy) is 1. The Kier molecular flexibility index (Phi) is 4.23. The van der Waals surface area contributed by atoms with Gasteiger partial charge in [0.25, 0.3) is 0 Å². The molecular weight excluding hydrogens is 260 g/mol. The Hall–Kier alpha value is -1.06. The highest BCUT2D eigenvalue weighted by Gasteiger charge is 2.32. The lowest BCUT2D eigenvalue weighted by molar-refractivity contribution is 0.272. The van der Waals surface area contributed by atoms with Crippen LogP contribution >= 0.6 is 0 Å². The van der Waals surface area contributed by atoms with Crippen molar-refractivity contribution in [3.05, 3.63) is 28.8 Å². The van der Waals surface area contributed by atoms with Crippen LogP contribution in [0.15, 0.2) is 12.1 Å². The Labute approximate surface area is 128 Å². The number of aryl methyl sites for hydroxylation is 1. The molecule has 2 fully saturated rings. The average molecular weight is 288 g/mol. The molecule has 3 nitrogen and oxygen atoms in total. The Balaban J connectivity index is 1.87. The summed E-state index contributed by atoms with van der Waals surface area (Å²) in [5, 5.41) is 0. The van der Waals surface area contributed by atoms with Gasteiger partial charge in [0.1, 0.15) is 5.75 Å². The predicted octanol–water partition coefficient (Wildman–Crippen LogP) is 3.04. The molecule has 1 saturated heterocycles. The zero-order valence-corrected chi connectivity index (χ0v) is 13.6. The van der Waals surface area contributed by atoms with E-state index in [4.69, 9.17) is 10.5 Å². The summed E-state index contributed by atoms with van der Waals surface area (Å²) in [6.45, 7) is 7.12. The van der Waals surface area contributed by atoms with Crippen LogP contribution in [0.2, 0.25) is 0 Å². The highest BCUT2D eigenvalue weighted by atomic mass is 16.5. The molecule has 0 spiro atoms. The Bertz CT molecular complexity index is 510. The molecule has 3 rings (SSSR count). The fourth-order valence-electron chi connectivity index (χ4n) is 3.39. The highest BCUT2D eigenvalue weighted by Crippen LogP contribution is 2.41. The number of hydrogen-bond donors (Lipinski definition) is 1. The second-order valence-electron chi connectivity index (χ2n) is 6.97. The van der Waals surface area contributed by atoms with Gasteiger partial charge in [-0.2, -0.15) is 0 Å². The Morgan fingerprint density at radius 1 is 1.24 bits per heavy atom. The molecule has 0 amide bonds. The van der Waals surface area contributed by atoms with Crippen molar-refractivity contribution < 1.29 is 4.74 Å². The average Bonchev–Trinajstić information content (AvgIpc) is 3.22. The Morgan fingerprint density at radius 2 is 2.00 bits per heavy atom. The molecule has 1 saturated carbocycles. The zero-order valence-electron chi connectivity index (χ0n) is 13.6. The molecule has 116 valence electrons. The summed E-state index contributed by atoms with van der Waals surface area (Å²) in [7, 11) is 2.21. The van der Waals surface area contributed by atoms with E-state index in [9.17, 15) is 0 Å². The van der Waals surface area contributed by atoms with Crippen LogP contribution in [0.25, 0.3) is 0 Å². The van der Waals surface area contributed by atoms with Crippen LogP contribution in [0.1, 0.15) is 42.0 Å². The van der Waals surface area contributed by atoms with Crippen LogP contribution in [-0.4, -0.2) is 31.6 Å². The lowest BCUT2D eigenvalue weighted by Crippen LogP contribution is -2.21. The standard InChI is InChI=1S/C18H28N2O/c1-12-4-7-16(17-8-15(9-19)10-20(17)3)18(13(12)2)21-11-14-5-6-14/h4,7,14-15,17H,5-6,8-11,19H2,1-3H3. The molecule has 2 unspecified atom stereocenters. The first-order valence-corrected chi connectivity index (χ1v) is 8.23. The smallest absolute Gasteiger partial charge is 0.127 e. The highest BCUT2D eigenvalue weighted by molar-refractivity contribution is 5.47. The molecule has 1 aliphatic heterocycles. The van der Waals surface area contributed by atoms with Crippen molar-refractivity contribution in [1.82, 2.24) is 4.90 Å². The largest absolute Gasteiger partial charge is 0.493 e. The van der Waals surface area contributed by atoms with E-state index >= 15 is 0 Å². The molecule has 1 heterocycles. The van der Waals surface area contributed by atoms with Gasteiger partial charge in [-0.15, -0.1) is 0 Å². The minimum atomic E-state index is 0.451. The normalized spacial score (nSPS) is 26.3. The summed E-state index contributed by atoms with van der Waals surface area (Å²) in [6.07, 6.45) is 3.81. The number of benzene rings is 1. The van der Waals surface area contributed by atoms with Gasteiger partial charge in [0.2, 0.25) is 0 Å². The summed E-state index contributed by atoms with van der Waals surface area (Å²) >= 11 is 0. The van der Waals surface area contributed by atoms with Crippen LogP contribution in [0.4, 0.5) is 0 Å². The first kappa shape index (κ1) is 14.9. The third-order valence-electron chi connectivity index (χ3n) is 5.19. The van der Waals surface area contributed by atoms with Gasteiger partial charge in [-0.1, -0.05) is 12.1 Å². The van der Waals surface area contributed by atoms with Gasteiger partial charge >= 0.3 is 0 Å². The molecule has 0 radical (unpaired) electrons. The van der Waals surface area contributed by atoms with E-state index in [1.54, 1.807) is 0 Å². The molecule has 2 atom stereocenters. The van der Waals surface area contributed by atoms with Gasteiger partial charge in [-0.05, 0) is 69.7 Å². The van der Waals surface area contributed by atoms with Gasteiger partial charge in [0.15, 0.2) is 0 Å². The molecule has 21 heavy (non-hydrogen) atoms. The molecule has 2 aliphatic rings. The van der Waals surface area contributed by atoms with Crippen LogP contribution in [0, 0.1) is 25.7 Å². The molecule has 2 N–H and O–H groups in total. The molecule has 0 aromatic heterocycles. The van der Waals surface area contributed by atoms with Crippen molar-refractivity contribution in [3.8, 4) is 5.75 Å². The van der Waals surface area contributed by atoms with Crippen molar-refractivity contribution in [1.29, 1.82) is 0 Å². The summed E-state index contributed by atoms with van der Waals surface area (Å²) < 4.78 is 6.24. The van der Waals surface area contributed by atoms with E-state index in [0.717, 1.165) is 37.8 Å². The summed E-state index contributed by atoms with van der Waals surface area (Å²) in [5.74, 6) is 2.53. The first-order chi connectivity index (χ1) is 10.1. The van der Waals surface area contributed by atoms with Gasteiger partial charge in [0.05, 0.1) is 6.61 Å². The molecule has 1 aromatic rings. The van der Waals surface area contributed by atoms with Crippen molar-refractivity contribution in [2.24, 2.45) is 17.6 Å². The van der Waals surface area contributed by atoms with E-state index in [1.807, 2.05) is 0 Å². The maximum atomic E-state index is 6.24. The molecule has 3 heteroatoms. The predicted molar refractivity (Wildman–Crippen MR) is 86.7 cm³/mol. The topological polar surface area (TPSA) is 38.5 Å². The summed E-state index contributed by atoms with van der Waals surface area (Å²) in [4.78, 5) is 2.44. The second-order valence-corrected chi connectivity index (χ2v) is 6.97. The summed E-state index contributed by atoms with van der Waals surface area (Å²) in [6, 6.07) is 4.95. The van der Waals surface area contributed by atoms with E-state index in [-0.39, 0.29) is 0 Å². The van der Waals surface area contributed by atoms with E-state index in [0.29, 0.717) is 12.0 Å². The van der Waals surface area contributed by atoms with E-state index in [2.05, 4.69) is 37.9 Å². The van der Waals surface area contributed by atoms with E-state index in [1.165, 1.54) is 29.5 Å². The van der Waals surface area contributed by atoms with Crippen LogP contribution in [-0.2, 0) is 0 Å². The lowest BCUT2D eigenvalue weighted by atomic mass is 9.95. The fraction of sp³-hybridized carbons (Fsp3) is 0.667. The SMILES string of the molecule is Cc1ccc(C2CC(CN)CN2C)c(OCC2CC2)c1C. The van der Waals surface area contributed by atoms with Gasteiger partial charge < -0.3 is 10.5 Å². The second kappa shape index (κ2) is 5.98. The monoisotopic (exact) mass is 288 g/mol. The number of likely N-dealkylation sites (tertiary alicyclic amines) is 1. The van der Waals surface area contributed by atoms with Gasteiger partial charge in [-0.25, -0.2) is 0 Å². The number of nitrogens with zero attached hydrogens (tertiary/aromatic N) is 1. The number of nitrogens with two attached hydrogens (primary N) is 1. The molecule has 1 aromatic carbocycles. The summed E-state index contributed by atoms with van der Waals surface area (Å²) in [5.41, 5.74) is 9.86. The minimum absolute atomic E-state index is 0.451. The lowest BCUT2D eigenvalue weighted by Gasteiger charge is -2.24. The third-order valence-corrected chi connectivity index (χ3v) is 5.19. The van der Waals surface area contributed by atoms with E-state index < -0.39 is 0 Å². The van der Waals surface area contributed by atoms with Crippen LogP contribution in [0.5, 0.6) is 5.75 Å². The molecule has 0 bridgehead atoms. The number of rotatable bonds is 5. The van der Waals surface area contributed by atoms with Crippen LogP contribution in [0.3, 0.4) is 0 Å². The Morgan fingerprint density at radius 3 is 2.62 bits per heavy atom. The number of hydrogen-bond acceptors (Lipinski definition) is 3. The molecule has 1 aliphatic carbocycles. The van der Waals surface area contributed by atoms with Gasteiger partial charge in [-0.3, -0.25) is 4.90 Å². The van der Waals surface area contributed by atoms with Crippen molar-refractivity contribution in [3.63, 3.8) is 0 Å². The van der Waals surface area contributed by atoms with Crippen LogP contribution < -0.4 is 10.5 Å². The fourth-order valence-corrected chi connectivity index (χ4v) is 3.39. The van der Waals surface area contributed by atoms with Crippen molar-refractivity contribution in [2.45, 2.75) is 39.2 Å². The van der Waals surface area contributed by atoms with Crippen molar-refractivity contribution in [2.75, 3.05) is 26.7 Å². The zero-order chi connectivity index (χ0) is 15.0. The minimum Gasteiger partial charge on any atom is -0.493 e.